The summed E-state index contributed by atoms with van der Waals surface area (Å²) < 4.78 is 10.1. The Kier molecular flexibility index (Phi) is 11.7. The predicted octanol–water partition coefficient (Wildman–Crippen LogP) is 3.61. The van der Waals surface area contributed by atoms with Crippen molar-refractivity contribution in [2.24, 2.45) is 5.92 Å². The van der Waals surface area contributed by atoms with Crippen molar-refractivity contribution in [3.8, 4) is 0 Å². The van der Waals surface area contributed by atoms with Gasteiger partial charge in [-0.05, 0) is 12.3 Å². The first-order chi connectivity index (χ1) is 9.97. The van der Waals surface area contributed by atoms with E-state index in [0.29, 0.717) is 13.2 Å². The number of carbonyl (C=O) groups is 2. The van der Waals surface area contributed by atoms with Crippen molar-refractivity contribution in [1.82, 2.24) is 4.90 Å². The minimum absolute atomic E-state index is 0.0627. The molecule has 0 heterocycles. The smallest absolute Gasteiger partial charge is 0.410 e. The van der Waals surface area contributed by atoms with E-state index < -0.39 is 6.09 Å². The standard InChI is InChI=1S/C16H31NO4/c1-5-6-7-8-9-10-11-20-15(18)12-17(4)16(19)21-13-14(2)3/h14H,5-13H2,1-4H3. The van der Waals surface area contributed by atoms with Crippen molar-refractivity contribution < 1.29 is 19.1 Å². The zero-order valence-electron chi connectivity index (χ0n) is 14.0. The minimum atomic E-state index is -0.486. The Balaban J connectivity index is 3.61. The van der Waals surface area contributed by atoms with E-state index in [1.165, 1.54) is 37.6 Å². The molecule has 0 atom stereocenters. The van der Waals surface area contributed by atoms with Crippen LogP contribution in [0.2, 0.25) is 0 Å². The van der Waals surface area contributed by atoms with Crippen LogP contribution in [0.5, 0.6) is 0 Å². The summed E-state index contributed by atoms with van der Waals surface area (Å²) in [5, 5.41) is 0. The van der Waals surface area contributed by atoms with Gasteiger partial charge in [0, 0.05) is 7.05 Å². The van der Waals surface area contributed by atoms with Gasteiger partial charge in [-0.15, -0.1) is 0 Å². The Bertz CT molecular complexity index is 292. The summed E-state index contributed by atoms with van der Waals surface area (Å²) in [6, 6.07) is 0. The van der Waals surface area contributed by atoms with Crippen LogP contribution < -0.4 is 0 Å². The molecule has 0 radical (unpaired) electrons. The largest absolute Gasteiger partial charge is 0.464 e. The van der Waals surface area contributed by atoms with Crippen molar-refractivity contribution in [3.63, 3.8) is 0 Å². The summed E-state index contributed by atoms with van der Waals surface area (Å²) in [5.74, 6) is -0.102. The lowest BCUT2D eigenvalue weighted by atomic mass is 10.1. The Hall–Kier alpha value is -1.26. The molecule has 0 aliphatic rings. The van der Waals surface area contributed by atoms with Gasteiger partial charge in [0.2, 0.25) is 0 Å². The number of hydrogen-bond acceptors (Lipinski definition) is 4. The highest BCUT2D eigenvalue weighted by Crippen LogP contribution is 2.05. The van der Waals surface area contributed by atoms with E-state index in [4.69, 9.17) is 9.47 Å². The molecule has 0 unspecified atom stereocenters. The SMILES string of the molecule is CCCCCCCCOC(=O)CN(C)C(=O)OCC(C)C. The molecule has 0 aliphatic carbocycles. The van der Waals surface area contributed by atoms with Gasteiger partial charge in [0.05, 0.1) is 13.2 Å². The lowest BCUT2D eigenvalue weighted by Gasteiger charge is -2.17. The van der Waals surface area contributed by atoms with Crippen LogP contribution in [0.25, 0.3) is 0 Å². The Labute approximate surface area is 129 Å². The van der Waals surface area contributed by atoms with E-state index in [9.17, 15) is 9.59 Å². The summed E-state index contributed by atoms with van der Waals surface area (Å²) in [6.07, 6.45) is 6.41. The fraction of sp³-hybridized carbons (Fsp3) is 0.875. The maximum absolute atomic E-state index is 11.6. The number of carbonyl (C=O) groups excluding carboxylic acids is 2. The first kappa shape index (κ1) is 19.7. The molecule has 124 valence electrons. The number of nitrogens with zero attached hydrogens (tertiary/aromatic N) is 1. The fourth-order valence-electron chi connectivity index (χ4n) is 1.72. The van der Waals surface area contributed by atoms with Crippen LogP contribution in [-0.2, 0) is 14.3 Å². The van der Waals surface area contributed by atoms with Gasteiger partial charge in [-0.1, -0.05) is 52.9 Å². The number of hydrogen-bond donors (Lipinski definition) is 0. The number of unbranched alkanes of at least 4 members (excludes halogenated alkanes) is 5. The van der Waals surface area contributed by atoms with E-state index in [-0.39, 0.29) is 18.4 Å². The van der Waals surface area contributed by atoms with Crippen LogP contribution >= 0.6 is 0 Å². The molecular weight excluding hydrogens is 270 g/mol. The number of ether oxygens (including phenoxy) is 2. The molecule has 0 aromatic carbocycles. The highest BCUT2D eigenvalue weighted by Gasteiger charge is 2.15. The Morgan fingerprint density at radius 1 is 1.00 bits per heavy atom. The highest BCUT2D eigenvalue weighted by atomic mass is 16.6. The molecule has 21 heavy (non-hydrogen) atoms. The molecule has 0 aliphatic heterocycles. The quantitative estimate of drug-likeness (QED) is 0.432. The number of esters is 1. The second-order valence-corrected chi connectivity index (χ2v) is 5.82. The van der Waals surface area contributed by atoms with E-state index in [2.05, 4.69) is 6.92 Å². The average molecular weight is 301 g/mol. The Morgan fingerprint density at radius 2 is 1.62 bits per heavy atom. The molecule has 0 saturated carbocycles. The molecule has 0 saturated heterocycles. The molecule has 0 rings (SSSR count). The number of rotatable bonds is 11. The van der Waals surface area contributed by atoms with Crippen LogP contribution in [-0.4, -0.2) is 43.8 Å². The van der Waals surface area contributed by atoms with E-state index >= 15 is 0 Å². The monoisotopic (exact) mass is 301 g/mol. The second-order valence-electron chi connectivity index (χ2n) is 5.82. The van der Waals surface area contributed by atoms with Crippen molar-refractivity contribution in [3.05, 3.63) is 0 Å². The molecule has 1 amide bonds. The van der Waals surface area contributed by atoms with Gasteiger partial charge >= 0.3 is 12.1 Å². The van der Waals surface area contributed by atoms with Gasteiger partial charge < -0.3 is 14.4 Å². The van der Waals surface area contributed by atoms with Crippen molar-refractivity contribution >= 4 is 12.1 Å². The molecule has 0 aromatic rings. The van der Waals surface area contributed by atoms with Crippen molar-refractivity contribution in [2.45, 2.75) is 59.3 Å². The zero-order valence-corrected chi connectivity index (χ0v) is 14.0. The van der Waals surface area contributed by atoms with Gasteiger partial charge in [0.15, 0.2) is 0 Å². The van der Waals surface area contributed by atoms with Crippen LogP contribution in [0.15, 0.2) is 0 Å². The summed E-state index contributed by atoms with van der Waals surface area (Å²) in [4.78, 5) is 24.4. The molecule has 0 fully saturated rings. The zero-order chi connectivity index (χ0) is 16.1. The van der Waals surface area contributed by atoms with Gasteiger partial charge in [-0.2, -0.15) is 0 Å². The third kappa shape index (κ3) is 12.2. The van der Waals surface area contributed by atoms with Crippen molar-refractivity contribution in [1.29, 1.82) is 0 Å². The van der Waals surface area contributed by atoms with E-state index in [0.717, 1.165) is 12.8 Å². The van der Waals surface area contributed by atoms with Crippen LogP contribution in [0.3, 0.4) is 0 Å². The average Bonchev–Trinajstić information content (AvgIpc) is 2.43. The second kappa shape index (κ2) is 12.5. The first-order valence-electron chi connectivity index (χ1n) is 8.00. The lowest BCUT2D eigenvalue weighted by Crippen LogP contribution is -2.34. The third-order valence-corrected chi connectivity index (χ3v) is 2.98. The summed E-state index contributed by atoms with van der Waals surface area (Å²) in [7, 11) is 1.54. The maximum Gasteiger partial charge on any atom is 0.410 e. The number of amides is 1. The third-order valence-electron chi connectivity index (χ3n) is 2.98. The van der Waals surface area contributed by atoms with E-state index in [1.807, 2.05) is 13.8 Å². The molecule has 5 heteroatoms. The summed E-state index contributed by atoms with van der Waals surface area (Å²) >= 11 is 0. The van der Waals surface area contributed by atoms with Crippen molar-refractivity contribution in [2.75, 3.05) is 26.8 Å². The van der Waals surface area contributed by atoms with Gasteiger partial charge in [-0.3, -0.25) is 4.79 Å². The lowest BCUT2D eigenvalue weighted by molar-refractivity contribution is -0.144. The topological polar surface area (TPSA) is 55.8 Å². The Morgan fingerprint density at radius 3 is 2.24 bits per heavy atom. The maximum atomic E-state index is 11.6. The molecule has 0 aromatic heterocycles. The van der Waals surface area contributed by atoms with Crippen LogP contribution in [0, 0.1) is 5.92 Å². The van der Waals surface area contributed by atoms with Crippen LogP contribution in [0.4, 0.5) is 4.79 Å². The van der Waals surface area contributed by atoms with E-state index in [1.54, 1.807) is 0 Å². The molecule has 0 N–H and O–H groups in total. The first-order valence-corrected chi connectivity index (χ1v) is 8.00. The van der Waals surface area contributed by atoms with Crippen LogP contribution in [0.1, 0.15) is 59.3 Å². The van der Waals surface area contributed by atoms with Gasteiger partial charge in [0.1, 0.15) is 6.54 Å². The summed E-state index contributed by atoms with van der Waals surface area (Å²) in [6.45, 7) is 6.83. The minimum Gasteiger partial charge on any atom is -0.464 e. The van der Waals surface area contributed by atoms with Gasteiger partial charge in [-0.25, -0.2) is 4.79 Å². The van der Waals surface area contributed by atoms with Gasteiger partial charge in [0.25, 0.3) is 0 Å². The molecule has 0 bridgehead atoms. The number of likely N-dealkylation sites (N-methyl/N-ethyl adjacent to an activating group) is 1. The molecule has 0 spiro atoms. The normalized spacial score (nSPS) is 10.5. The summed E-state index contributed by atoms with van der Waals surface area (Å²) in [5.41, 5.74) is 0. The molecule has 5 nitrogen and oxygen atoms in total. The predicted molar refractivity (Wildman–Crippen MR) is 83.2 cm³/mol. The molecular formula is C16H31NO4. The fourth-order valence-corrected chi connectivity index (χ4v) is 1.72. The highest BCUT2D eigenvalue weighted by molar-refractivity contribution is 5.77.